The van der Waals surface area contributed by atoms with E-state index in [1.807, 2.05) is 30.1 Å². The van der Waals surface area contributed by atoms with Gasteiger partial charge in [-0.3, -0.25) is 4.79 Å². The minimum Gasteiger partial charge on any atom is -0.482 e. The predicted octanol–water partition coefficient (Wildman–Crippen LogP) is 1.21. The molecule has 2 rings (SSSR count). The van der Waals surface area contributed by atoms with Crippen molar-refractivity contribution in [1.82, 2.24) is 15.1 Å². The lowest BCUT2D eigenvalue weighted by Gasteiger charge is -2.32. The van der Waals surface area contributed by atoms with Crippen LogP contribution in [0, 0.1) is 0 Å². The minimum absolute atomic E-state index is 0.0125. The average Bonchev–Trinajstić information content (AvgIpc) is 2.47. The van der Waals surface area contributed by atoms with Crippen LogP contribution >= 0.6 is 11.6 Å². The molecule has 0 aliphatic carbocycles. The zero-order valence-electron chi connectivity index (χ0n) is 12.6. The number of halogens is 1. The lowest BCUT2D eigenvalue weighted by molar-refractivity contribution is -0.134. The fourth-order valence-electron chi connectivity index (χ4n) is 2.26. The number of hydrogen-bond acceptors (Lipinski definition) is 4. The quantitative estimate of drug-likeness (QED) is 0.888. The van der Waals surface area contributed by atoms with Gasteiger partial charge in [0.25, 0.3) is 5.91 Å². The molecule has 1 aromatic rings. The summed E-state index contributed by atoms with van der Waals surface area (Å²) in [4.78, 5) is 16.1. The number of piperazine rings is 1. The molecule has 6 heteroatoms. The molecular formula is C15H22ClN3O2. The van der Waals surface area contributed by atoms with E-state index in [0.29, 0.717) is 10.8 Å². The fourth-order valence-corrected chi connectivity index (χ4v) is 2.52. The van der Waals surface area contributed by atoms with Crippen LogP contribution in [0.5, 0.6) is 5.75 Å². The third-order valence-electron chi connectivity index (χ3n) is 3.58. The molecule has 0 bridgehead atoms. The lowest BCUT2D eigenvalue weighted by atomic mass is 10.2. The zero-order valence-corrected chi connectivity index (χ0v) is 13.3. The number of benzene rings is 1. The van der Waals surface area contributed by atoms with Crippen molar-refractivity contribution in [3.63, 3.8) is 0 Å². The Morgan fingerprint density at radius 3 is 2.67 bits per heavy atom. The van der Waals surface area contributed by atoms with Crippen molar-refractivity contribution in [2.24, 2.45) is 0 Å². The molecule has 1 fully saturated rings. The number of amides is 1. The van der Waals surface area contributed by atoms with Crippen LogP contribution in [0.1, 0.15) is 5.56 Å². The highest BCUT2D eigenvalue weighted by Crippen LogP contribution is 2.25. The minimum atomic E-state index is 0.0125. The molecule has 0 unspecified atom stereocenters. The fraction of sp³-hybridized carbons (Fsp3) is 0.533. The molecule has 1 aromatic carbocycles. The Morgan fingerprint density at radius 1 is 1.33 bits per heavy atom. The Hall–Kier alpha value is -1.30. The Kier molecular flexibility index (Phi) is 5.85. The Labute approximate surface area is 130 Å². The first-order chi connectivity index (χ1) is 10.1. The van der Waals surface area contributed by atoms with Crippen molar-refractivity contribution in [2.45, 2.75) is 6.54 Å². The second-order valence-corrected chi connectivity index (χ2v) is 5.68. The van der Waals surface area contributed by atoms with Crippen LogP contribution in [0.3, 0.4) is 0 Å². The van der Waals surface area contributed by atoms with E-state index in [1.165, 1.54) is 0 Å². The van der Waals surface area contributed by atoms with Gasteiger partial charge < -0.3 is 19.9 Å². The van der Waals surface area contributed by atoms with Gasteiger partial charge in [-0.2, -0.15) is 0 Å². The summed E-state index contributed by atoms with van der Waals surface area (Å²) in [5, 5.41) is 3.60. The molecule has 0 aromatic heterocycles. The van der Waals surface area contributed by atoms with E-state index in [0.717, 1.165) is 38.3 Å². The molecule has 5 nitrogen and oxygen atoms in total. The smallest absolute Gasteiger partial charge is 0.260 e. The van der Waals surface area contributed by atoms with Crippen molar-refractivity contribution in [3.8, 4) is 5.75 Å². The second-order valence-electron chi connectivity index (χ2n) is 5.27. The summed E-state index contributed by atoms with van der Waals surface area (Å²) in [6.07, 6.45) is 0. The molecule has 1 aliphatic rings. The van der Waals surface area contributed by atoms with Gasteiger partial charge in [0.1, 0.15) is 5.75 Å². The van der Waals surface area contributed by atoms with E-state index in [4.69, 9.17) is 16.3 Å². The highest BCUT2D eigenvalue weighted by Gasteiger charge is 2.19. The highest BCUT2D eigenvalue weighted by atomic mass is 35.5. The van der Waals surface area contributed by atoms with Crippen molar-refractivity contribution in [3.05, 3.63) is 28.8 Å². The van der Waals surface area contributed by atoms with Crippen LogP contribution < -0.4 is 10.1 Å². The molecule has 0 radical (unpaired) electrons. The van der Waals surface area contributed by atoms with Crippen LogP contribution in [0.15, 0.2) is 18.2 Å². The third kappa shape index (κ3) is 4.59. The van der Waals surface area contributed by atoms with Crippen molar-refractivity contribution < 1.29 is 9.53 Å². The lowest BCUT2D eigenvalue weighted by Crippen LogP contribution is -2.48. The molecule has 21 heavy (non-hydrogen) atoms. The van der Waals surface area contributed by atoms with Crippen molar-refractivity contribution >= 4 is 17.5 Å². The molecule has 1 N–H and O–H groups in total. The van der Waals surface area contributed by atoms with Gasteiger partial charge in [0.15, 0.2) is 6.61 Å². The van der Waals surface area contributed by atoms with Gasteiger partial charge >= 0.3 is 0 Å². The topological polar surface area (TPSA) is 44.8 Å². The molecule has 116 valence electrons. The number of carbonyl (C=O) groups excluding carboxylic acids is 1. The molecule has 0 spiro atoms. The number of rotatable bonds is 5. The van der Waals surface area contributed by atoms with Crippen molar-refractivity contribution in [2.75, 3.05) is 46.9 Å². The van der Waals surface area contributed by atoms with Crippen LogP contribution in [-0.4, -0.2) is 62.6 Å². The van der Waals surface area contributed by atoms with Crippen LogP contribution in [0.25, 0.3) is 0 Å². The average molecular weight is 312 g/mol. The summed E-state index contributed by atoms with van der Waals surface area (Å²) in [6.45, 7) is 4.12. The normalized spacial score (nSPS) is 16.0. The summed E-state index contributed by atoms with van der Waals surface area (Å²) >= 11 is 6.17. The Balaban J connectivity index is 1.86. The number of carbonyl (C=O) groups is 1. The first-order valence-electron chi connectivity index (χ1n) is 7.12. The number of nitrogens with zero attached hydrogens (tertiary/aromatic N) is 2. The van der Waals surface area contributed by atoms with Gasteiger partial charge in [0.05, 0.1) is 5.02 Å². The van der Waals surface area contributed by atoms with Gasteiger partial charge in [-0.25, -0.2) is 0 Å². The number of hydrogen-bond donors (Lipinski definition) is 1. The first-order valence-corrected chi connectivity index (χ1v) is 7.50. The van der Waals surface area contributed by atoms with Gasteiger partial charge in [0.2, 0.25) is 0 Å². The standard InChI is InChI=1S/C15H22ClN3O2/c1-17-10-12-3-4-14(13(16)9-12)21-11-15(20)19-7-5-18(2)6-8-19/h3-4,9,17H,5-8,10-11H2,1-2H3. The van der Waals surface area contributed by atoms with Crippen LogP contribution in [0.2, 0.25) is 5.02 Å². The zero-order chi connectivity index (χ0) is 15.2. The van der Waals surface area contributed by atoms with E-state index in [9.17, 15) is 4.79 Å². The van der Waals surface area contributed by atoms with Crippen LogP contribution in [0.4, 0.5) is 0 Å². The van der Waals surface area contributed by atoms with E-state index in [1.54, 1.807) is 0 Å². The summed E-state index contributed by atoms with van der Waals surface area (Å²) < 4.78 is 5.55. The summed E-state index contributed by atoms with van der Waals surface area (Å²) in [5.41, 5.74) is 1.08. The van der Waals surface area contributed by atoms with Gasteiger partial charge in [-0.05, 0) is 31.8 Å². The molecule has 1 saturated heterocycles. The number of likely N-dealkylation sites (N-methyl/N-ethyl adjacent to an activating group) is 1. The molecule has 0 saturated carbocycles. The number of nitrogens with one attached hydrogen (secondary N) is 1. The monoisotopic (exact) mass is 311 g/mol. The Bertz CT molecular complexity index is 488. The molecule has 1 aliphatic heterocycles. The van der Waals surface area contributed by atoms with Gasteiger partial charge in [-0.15, -0.1) is 0 Å². The predicted molar refractivity (Wildman–Crippen MR) is 83.8 cm³/mol. The number of ether oxygens (including phenoxy) is 1. The summed E-state index contributed by atoms with van der Waals surface area (Å²) in [5.74, 6) is 0.567. The highest BCUT2D eigenvalue weighted by molar-refractivity contribution is 6.32. The summed E-state index contributed by atoms with van der Waals surface area (Å²) in [6, 6.07) is 5.61. The first kappa shape index (κ1) is 16.1. The SMILES string of the molecule is CNCc1ccc(OCC(=O)N2CCN(C)CC2)c(Cl)c1. The molecule has 0 atom stereocenters. The summed E-state index contributed by atoms with van der Waals surface area (Å²) in [7, 11) is 3.94. The Morgan fingerprint density at radius 2 is 2.05 bits per heavy atom. The van der Waals surface area contributed by atoms with Gasteiger partial charge in [-0.1, -0.05) is 17.7 Å². The largest absolute Gasteiger partial charge is 0.482 e. The maximum Gasteiger partial charge on any atom is 0.260 e. The van der Waals surface area contributed by atoms with Crippen LogP contribution in [-0.2, 0) is 11.3 Å². The molecule has 1 amide bonds. The van der Waals surface area contributed by atoms with E-state index < -0.39 is 0 Å². The third-order valence-corrected chi connectivity index (χ3v) is 3.88. The van der Waals surface area contributed by atoms with E-state index >= 15 is 0 Å². The van der Waals surface area contributed by atoms with Gasteiger partial charge in [0, 0.05) is 32.7 Å². The van der Waals surface area contributed by atoms with E-state index in [-0.39, 0.29) is 12.5 Å². The second kappa shape index (κ2) is 7.64. The van der Waals surface area contributed by atoms with E-state index in [2.05, 4.69) is 17.3 Å². The maximum atomic E-state index is 12.1. The maximum absolute atomic E-state index is 12.1. The molecule has 1 heterocycles. The van der Waals surface area contributed by atoms with Crippen molar-refractivity contribution in [1.29, 1.82) is 0 Å². The molecular weight excluding hydrogens is 290 g/mol.